The molecule has 4 heteroatoms. The summed E-state index contributed by atoms with van der Waals surface area (Å²) in [6.45, 7) is 5.05. The van der Waals surface area contributed by atoms with Crippen molar-refractivity contribution in [2.24, 2.45) is 0 Å². The van der Waals surface area contributed by atoms with Gasteiger partial charge in [-0.1, -0.05) is 28.6 Å². The largest absolute Gasteiger partial charge is 0.346 e. The van der Waals surface area contributed by atoms with E-state index in [-0.39, 0.29) is 17.8 Å². The van der Waals surface area contributed by atoms with E-state index in [2.05, 4.69) is 27.8 Å². The van der Waals surface area contributed by atoms with Gasteiger partial charge in [0.2, 0.25) is 5.91 Å². The van der Waals surface area contributed by atoms with Gasteiger partial charge >= 0.3 is 0 Å². The molecular formula is C11H11BrFNO. The van der Waals surface area contributed by atoms with Gasteiger partial charge in [0.1, 0.15) is 5.82 Å². The van der Waals surface area contributed by atoms with Crippen LogP contribution in [0.4, 0.5) is 4.39 Å². The predicted molar refractivity (Wildman–Crippen MR) is 60.9 cm³/mol. The molecule has 1 aromatic rings. The first-order chi connectivity index (χ1) is 7.04. The van der Waals surface area contributed by atoms with Crippen molar-refractivity contribution >= 4 is 21.8 Å². The topological polar surface area (TPSA) is 29.1 Å². The van der Waals surface area contributed by atoms with Crippen molar-refractivity contribution in [2.45, 2.75) is 13.0 Å². The van der Waals surface area contributed by atoms with E-state index >= 15 is 0 Å². The molecule has 0 bridgehead atoms. The quantitative estimate of drug-likeness (QED) is 0.842. The third kappa shape index (κ3) is 3.16. The molecule has 0 radical (unpaired) electrons. The summed E-state index contributed by atoms with van der Waals surface area (Å²) >= 11 is 3.17. The number of nitrogens with one attached hydrogen (secondary N) is 1. The van der Waals surface area contributed by atoms with Crippen LogP contribution in [0.1, 0.15) is 18.5 Å². The van der Waals surface area contributed by atoms with Crippen LogP contribution in [0.2, 0.25) is 0 Å². The van der Waals surface area contributed by atoms with Crippen LogP contribution in [0.15, 0.2) is 35.3 Å². The van der Waals surface area contributed by atoms with Gasteiger partial charge in [-0.15, -0.1) is 0 Å². The fourth-order valence-electron chi connectivity index (χ4n) is 1.20. The number of hydrogen-bond acceptors (Lipinski definition) is 1. The Bertz CT molecular complexity index is 392. The molecule has 1 N–H and O–H groups in total. The summed E-state index contributed by atoms with van der Waals surface area (Å²) in [5.41, 5.74) is 0.452. The molecule has 0 fully saturated rings. The van der Waals surface area contributed by atoms with Crippen molar-refractivity contribution in [3.63, 3.8) is 0 Å². The Morgan fingerprint density at radius 2 is 2.33 bits per heavy atom. The first-order valence-electron chi connectivity index (χ1n) is 4.42. The van der Waals surface area contributed by atoms with Crippen LogP contribution in [0.5, 0.6) is 0 Å². The molecule has 0 spiro atoms. The molecular weight excluding hydrogens is 261 g/mol. The van der Waals surface area contributed by atoms with E-state index in [0.717, 1.165) is 6.08 Å². The normalized spacial score (nSPS) is 11.9. The van der Waals surface area contributed by atoms with Crippen LogP contribution in [0.25, 0.3) is 0 Å². The van der Waals surface area contributed by atoms with Gasteiger partial charge in [-0.05, 0) is 25.1 Å². The van der Waals surface area contributed by atoms with E-state index < -0.39 is 0 Å². The van der Waals surface area contributed by atoms with Crippen LogP contribution in [-0.2, 0) is 4.79 Å². The maximum absolute atomic E-state index is 13.4. The highest BCUT2D eigenvalue weighted by molar-refractivity contribution is 9.10. The zero-order valence-electron chi connectivity index (χ0n) is 8.26. The lowest BCUT2D eigenvalue weighted by Gasteiger charge is -2.13. The molecule has 0 saturated heterocycles. The predicted octanol–water partition coefficient (Wildman–Crippen LogP) is 2.95. The Hall–Kier alpha value is -1.16. The Labute approximate surface area is 96.3 Å². The molecule has 0 aliphatic carbocycles. The summed E-state index contributed by atoms with van der Waals surface area (Å²) in [6, 6.07) is 4.36. The van der Waals surface area contributed by atoms with Gasteiger partial charge in [0.25, 0.3) is 0 Å². The van der Waals surface area contributed by atoms with E-state index in [1.54, 1.807) is 19.1 Å². The highest BCUT2D eigenvalue weighted by Crippen LogP contribution is 2.20. The van der Waals surface area contributed by atoms with Crippen LogP contribution in [0.3, 0.4) is 0 Å². The molecule has 15 heavy (non-hydrogen) atoms. The number of halogens is 2. The summed E-state index contributed by atoms with van der Waals surface area (Å²) in [5, 5.41) is 2.59. The molecule has 1 aromatic carbocycles. The van der Waals surface area contributed by atoms with Gasteiger partial charge in [0.15, 0.2) is 0 Å². The number of hydrogen-bond donors (Lipinski definition) is 1. The molecule has 1 rings (SSSR count). The number of rotatable bonds is 3. The number of carbonyl (C=O) groups is 1. The highest BCUT2D eigenvalue weighted by Gasteiger charge is 2.11. The summed E-state index contributed by atoms with van der Waals surface area (Å²) in [4.78, 5) is 11.0. The average molecular weight is 272 g/mol. The minimum atomic E-state index is -0.372. The van der Waals surface area contributed by atoms with Crippen molar-refractivity contribution in [3.8, 4) is 0 Å². The van der Waals surface area contributed by atoms with E-state index in [1.807, 2.05) is 0 Å². The molecule has 0 saturated carbocycles. The monoisotopic (exact) mass is 271 g/mol. The fourth-order valence-corrected chi connectivity index (χ4v) is 1.54. The van der Waals surface area contributed by atoms with Crippen LogP contribution in [0, 0.1) is 5.82 Å². The number of amides is 1. The van der Waals surface area contributed by atoms with Crippen LogP contribution >= 0.6 is 15.9 Å². The highest BCUT2D eigenvalue weighted by atomic mass is 79.9. The molecule has 2 nitrogen and oxygen atoms in total. The van der Waals surface area contributed by atoms with Crippen LogP contribution in [-0.4, -0.2) is 5.91 Å². The SMILES string of the molecule is C=CC(=O)N[C@H](C)c1ccc(Br)cc1F. The Morgan fingerprint density at radius 3 is 2.87 bits per heavy atom. The standard InChI is InChI=1S/C11H11BrFNO/c1-3-11(15)14-7(2)9-5-4-8(12)6-10(9)13/h3-7H,1H2,2H3,(H,14,15)/t7-/m1/s1. The van der Waals surface area contributed by atoms with Crippen molar-refractivity contribution in [2.75, 3.05) is 0 Å². The second kappa shape index (κ2) is 5.07. The first kappa shape index (κ1) is 11.9. The minimum Gasteiger partial charge on any atom is -0.346 e. The second-order valence-corrected chi connectivity index (χ2v) is 4.02. The van der Waals surface area contributed by atoms with Gasteiger partial charge < -0.3 is 5.32 Å². The first-order valence-corrected chi connectivity index (χ1v) is 5.21. The molecule has 0 aromatic heterocycles. The van der Waals surface area contributed by atoms with Crippen LogP contribution < -0.4 is 5.32 Å². The lowest BCUT2D eigenvalue weighted by Crippen LogP contribution is -2.25. The Balaban J connectivity index is 2.86. The van der Waals surface area contributed by atoms with E-state index in [0.29, 0.717) is 10.0 Å². The number of carbonyl (C=O) groups excluding carboxylic acids is 1. The third-order valence-electron chi connectivity index (χ3n) is 1.97. The summed E-state index contributed by atoms with van der Waals surface area (Å²) in [6.07, 6.45) is 1.16. The molecule has 0 heterocycles. The van der Waals surface area contributed by atoms with E-state index in [9.17, 15) is 9.18 Å². The van der Waals surface area contributed by atoms with E-state index in [1.165, 1.54) is 6.07 Å². The van der Waals surface area contributed by atoms with E-state index in [4.69, 9.17) is 0 Å². The lowest BCUT2D eigenvalue weighted by atomic mass is 10.1. The molecule has 0 aliphatic heterocycles. The number of benzene rings is 1. The Kier molecular flexibility index (Phi) is 4.03. The molecule has 1 atom stereocenters. The zero-order chi connectivity index (χ0) is 11.4. The molecule has 0 unspecified atom stereocenters. The van der Waals surface area contributed by atoms with Crippen molar-refractivity contribution in [1.82, 2.24) is 5.32 Å². The van der Waals surface area contributed by atoms with Gasteiger partial charge in [-0.25, -0.2) is 4.39 Å². The summed E-state index contributed by atoms with van der Waals surface area (Å²) in [5.74, 6) is -0.661. The summed E-state index contributed by atoms with van der Waals surface area (Å²) in [7, 11) is 0. The Morgan fingerprint density at radius 1 is 1.67 bits per heavy atom. The second-order valence-electron chi connectivity index (χ2n) is 3.10. The van der Waals surface area contributed by atoms with Gasteiger partial charge in [0.05, 0.1) is 6.04 Å². The molecule has 0 aliphatic rings. The van der Waals surface area contributed by atoms with Gasteiger partial charge in [0, 0.05) is 10.0 Å². The molecule has 1 amide bonds. The summed E-state index contributed by atoms with van der Waals surface area (Å²) < 4.78 is 14.1. The smallest absolute Gasteiger partial charge is 0.243 e. The lowest BCUT2D eigenvalue weighted by molar-refractivity contribution is -0.117. The fraction of sp³-hybridized carbons (Fsp3) is 0.182. The maximum Gasteiger partial charge on any atom is 0.243 e. The van der Waals surface area contributed by atoms with Crippen molar-refractivity contribution in [3.05, 3.63) is 46.7 Å². The average Bonchev–Trinajstić information content (AvgIpc) is 2.17. The van der Waals surface area contributed by atoms with Gasteiger partial charge in [-0.2, -0.15) is 0 Å². The van der Waals surface area contributed by atoms with Crippen molar-refractivity contribution in [1.29, 1.82) is 0 Å². The maximum atomic E-state index is 13.4. The third-order valence-corrected chi connectivity index (χ3v) is 2.47. The zero-order valence-corrected chi connectivity index (χ0v) is 9.84. The molecule has 80 valence electrons. The minimum absolute atomic E-state index is 0.315. The van der Waals surface area contributed by atoms with Crippen molar-refractivity contribution < 1.29 is 9.18 Å². The van der Waals surface area contributed by atoms with Gasteiger partial charge in [-0.3, -0.25) is 4.79 Å².